The van der Waals surface area contributed by atoms with Crippen molar-refractivity contribution in [2.45, 2.75) is 13.0 Å². The number of benzene rings is 1. The molecule has 0 amide bonds. The topological polar surface area (TPSA) is 48.1 Å². The van der Waals surface area contributed by atoms with E-state index >= 15 is 0 Å². The van der Waals surface area contributed by atoms with Crippen LogP contribution >= 0.6 is 11.6 Å². The normalized spacial score (nSPS) is 16.1. The lowest BCUT2D eigenvalue weighted by molar-refractivity contribution is 0.275. The highest BCUT2D eigenvalue weighted by molar-refractivity contribution is 6.29. The van der Waals surface area contributed by atoms with E-state index in [1.807, 2.05) is 35.9 Å². The number of hydrogen-bond acceptors (Lipinski definition) is 4. The largest absolute Gasteiger partial charge is 0.370 e. The summed E-state index contributed by atoms with van der Waals surface area (Å²) in [4.78, 5) is 9.18. The van der Waals surface area contributed by atoms with Gasteiger partial charge in [-0.2, -0.15) is 5.26 Å². The number of halogens is 1. The Bertz CT molecular complexity index is 701. The van der Waals surface area contributed by atoms with Crippen molar-refractivity contribution < 1.29 is 0 Å². The van der Waals surface area contributed by atoms with Crippen molar-refractivity contribution in [3.63, 3.8) is 0 Å². The quantitative estimate of drug-likeness (QED) is 0.868. The summed E-state index contributed by atoms with van der Waals surface area (Å²) < 4.78 is 1.94. The molecular weight excluding hydrogens is 310 g/mol. The van der Waals surface area contributed by atoms with Gasteiger partial charge in [-0.1, -0.05) is 11.6 Å². The Morgan fingerprint density at radius 1 is 1.17 bits per heavy atom. The van der Waals surface area contributed by atoms with Crippen molar-refractivity contribution >= 4 is 17.3 Å². The summed E-state index contributed by atoms with van der Waals surface area (Å²) in [6.07, 6.45) is 2.82. The maximum absolute atomic E-state index is 8.90. The molecule has 0 atom stereocenters. The summed E-state index contributed by atoms with van der Waals surface area (Å²) in [6.45, 7) is 4.87. The molecule has 0 unspecified atom stereocenters. The fourth-order valence-electron chi connectivity index (χ4n) is 2.91. The molecule has 120 valence electrons. The molecule has 0 radical (unpaired) electrons. The van der Waals surface area contributed by atoms with Crippen molar-refractivity contribution in [1.29, 1.82) is 5.26 Å². The van der Waals surface area contributed by atoms with E-state index in [0.29, 0.717) is 10.7 Å². The number of nitriles is 1. The standard InChI is InChI=1S/C17H20ClN5/c1-21-16(18)12-20-17(21)13-22-7-2-8-23(10-9-22)15-5-3-14(11-19)4-6-15/h3-6,12H,2,7-10,13H2,1H3. The smallest absolute Gasteiger partial charge is 0.128 e. The first-order chi connectivity index (χ1) is 11.2. The fraction of sp³-hybridized carbons (Fsp3) is 0.412. The molecule has 6 heteroatoms. The summed E-state index contributed by atoms with van der Waals surface area (Å²) in [5.74, 6) is 1.00. The third-order valence-corrected chi connectivity index (χ3v) is 4.69. The van der Waals surface area contributed by atoms with Crippen LogP contribution in [0.4, 0.5) is 5.69 Å². The van der Waals surface area contributed by atoms with Gasteiger partial charge in [0.1, 0.15) is 11.0 Å². The Balaban J connectivity index is 1.62. The Morgan fingerprint density at radius 3 is 2.61 bits per heavy atom. The molecule has 0 spiro atoms. The molecule has 1 aromatic heterocycles. The second kappa shape index (κ2) is 7.03. The van der Waals surface area contributed by atoms with Crippen LogP contribution < -0.4 is 4.90 Å². The molecule has 1 aromatic carbocycles. The van der Waals surface area contributed by atoms with Crippen LogP contribution in [-0.4, -0.2) is 40.6 Å². The average molecular weight is 330 g/mol. The Hall–Kier alpha value is -2.03. The lowest BCUT2D eigenvalue weighted by atomic mass is 10.2. The van der Waals surface area contributed by atoms with E-state index in [9.17, 15) is 0 Å². The van der Waals surface area contributed by atoms with Crippen molar-refractivity contribution in [3.05, 3.63) is 47.0 Å². The molecule has 0 N–H and O–H groups in total. The zero-order chi connectivity index (χ0) is 16.2. The highest BCUT2D eigenvalue weighted by atomic mass is 35.5. The highest BCUT2D eigenvalue weighted by Gasteiger charge is 2.17. The minimum absolute atomic E-state index is 0.675. The molecule has 1 aliphatic heterocycles. The molecule has 0 bridgehead atoms. The lowest BCUT2D eigenvalue weighted by Crippen LogP contribution is -2.31. The monoisotopic (exact) mass is 329 g/mol. The second-order valence-corrected chi connectivity index (χ2v) is 6.22. The van der Waals surface area contributed by atoms with Gasteiger partial charge in [0.15, 0.2) is 0 Å². The molecule has 0 aliphatic carbocycles. The third kappa shape index (κ3) is 3.66. The van der Waals surface area contributed by atoms with Crippen LogP contribution in [0.2, 0.25) is 5.15 Å². The molecule has 1 fully saturated rings. The van der Waals surface area contributed by atoms with Crippen LogP contribution in [0, 0.1) is 11.3 Å². The van der Waals surface area contributed by atoms with E-state index in [1.54, 1.807) is 6.20 Å². The van der Waals surface area contributed by atoms with E-state index in [2.05, 4.69) is 20.9 Å². The molecule has 5 nitrogen and oxygen atoms in total. The Labute approximate surface area is 141 Å². The molecule has 3 rings (SSSR count). The molecule has 1 aliphatic rings. The molecule has 0 saturated carbocycles. The van der Waals surface area contributed by atoms with Gasteiger partial charge in [0, 0.05) is 38.9 Å². The van der Waals surface area contributed by atoms with Crippen LogP contribution in [0.15, 0.2) is 30.5 Å². The number of anilines is 1. The first kappa shape index (κ1) is 15.9. The SMILES string of the molecule is Cn1c(Cl)cnc1CN1CCCN(c2ccc(C#N)cc2)CC1. The Morgan fingerprint density at radius 2 is 1.96 bits per heavy atom. The van der Waals surface area contributed by atoms with Gasteiger partial charge in [0.2, 0.25) is 0 Å². The van der Waals surface area contributed by atoms with Crippen LogP contribution in [0.1, 0.15) is 17.8 Å². The maximum Gasteiger partial charge on any atom is 0.128 e. The zero-order valence-corrected chi connectivity index (χ0v) is 14.0. The van der Waals surface area contributed by atoms with Crippen LogP contribution in [-0.2, 0) is 13.6 Å². The van der Waals surface area contributed by atoms with E-state index in [0.717, 1.165) is 45.0 Å². The van der Waals surface area contributed by atoms with E-state index in [-0.39, 0.29) is 0 Å². The van der Waals surface area contributed by atoms with Crippen molar-refractivity contribution in [2.24, 2.45) is 7.05 Å². The van der Waals surface area contributed by atoms with Gasteiger partial charge in [-0.25, -0.2) is 4.98 Å². The predicted octanol–water partition coefficient (Wildman–Crippen LogP) is 2.66. The van der Waals surface area contributed by atoms with Gasteiger partial charge < -0.3 is 9.47 Å². The van der Waals surface area contributed by atoms with E-state index in [1.165, 1.54) is 5.69 Å². The molecule has 2 heterocycles. The first-order valence-electron chi connectivity index (χ1n) is 7.81. The van der Waals surface area contributed by atoms with Crippen LogP contribution in [0.5, 0.6) is 0 Å². The van der Waals surface area contributed by atoms with Gasteiger partial charge in [-0.3, -0.25) is 4.90 Å². The minimum Gasteiger partial charge on any atom is -0.370 e. The molecular formula is C17H20ClN5. The molecule has 1 saturated heterocycles. The summed E-state index contributed by atoms with van der Waals surface area (Å²) in [7, 11) is 1.95. The second-order valence-electron chi connectivity index (χ2n) is 5.83. The van der Waals surface area contributed by atoms with Gasteiger partial charge in [0.05, 0.1) is 24.4 Å². The molecule has 23 heavy (non-hydrogen) atoms. The highest BCUT2D eigenvalue weighted by Crippen LogP contribution is 2.18. The summed E-state index contributed by atoms with van der Waals surface area (Å²) >= 11 is 6.06. The predicted molar refractivity (Wildman–Crippen MR) is 91.5 cm³/mol. The fourth-order valence-corrected chi connectivity index (χ4v) is 3.05. The summed E-state index contributed by atoms with van der Waals surface area (Å²) in [6, 6.07) is 10.00. The maximum atomic E-state index is 8.90. The number of rotatable bonds is 3. The van der Waals surface area contributed by atoms with Gasteiger partial charge >= 0.3 is 0 Å². The van der Waals surface area contributed by atoms with Crippen molar-refractivity contribution in [2.75, 3.05) is 31.1 Å². The number of aromatic nitrogens is 2. The third-order valence-electron chi connectivity index (χ3n) is 4.34. The van der Waals surface area contributed by atoms with E-state index in [4.69, 9.17) is 16.9 Å². The van der Waals surface area contributed by atoms with Crippen molar-refractivity contribution in [1.82, 2.24) is 14.5 Å². The summed E-state index contributed by atoms with van der Waals surface area (Å²) in [5.41, 5.74) is 1.89. The van der Waals surface area contributed by atoms with Crippen LogP contribution in [0.3, 0.4) is 0 Å². The van der Waals surface area contributed by atoms with E-state index < -0.39 is 0 Å². The minimum atomic E-state index is 0.675. The van der Waals surface area contributed by atoms with Crippen molar-refractivity contribution in [3.8, 4) is 6.07 Å². The molecule has 2 aromatic rings. The van der Waals surface area contributed by atoms with Gasteiger partial charge in [-0.15, -0.1) is 0 Å². The lowest BCUT2D eigenvalue weighted by Gasteiger charge is -2.23. The van der Waals surface area contributed by atoms with Crippen LogP contribution in [0.25, 0.3) is 0 Å². The average Bonchev–Trinajstić information content (AvgIpc) is 2.79. The van der Waals surface area contributed by atoms with Gasteiger partial charge in [-0.05, 0) is 30.7 Å². The summed E-state index contributed by atoms with van der Waals surface area (Å²) in [5, 5.41) is 9.57. The Kier molecular flexibility index (Phi) is 4.85. The number of imidazole rings is 1. The number of nitrogens with zero attached hydrogens (tertiary/aromatic N) is 5. The van der Waals surface area contributed by atoms with Gasteiger partial charge in [0.25, 0.3) is 0 Å². The first-order valence-corrected chi connectivity index (χ1v) is 8.19. The zero-order valence-electron chi connectivity index (χ0n) is 13.2. The number of hydrogen-bond donors (Lipinski definition) is 0.